The Hall–Kier alpha value is -1.09. The summed E-state index contributed by atoms with van der Waals surface area (Å²) in [5.74, 6) is 0.733. The van der Waals surface area contributed by atoms with Crippen LogP contribution in [-0.2, 0) is 0 Å². The minimum Gasteiger partial charge on any atom is -0.473 e. The molecule has 1 N–H and O–H groups in total. The first kappa shape index (κ1) is 8.51. The zero-order chi connectivity index (χ0) is 8.93. The van der Waals surface area contributed by atoms with Crippen LogP contribution in [0, 0.1) is 0 Å². The van der Waals surface area contributed by atoms with Crippen LogP contribution in [0.25, 0.3) is 0 Å². The average molecular weight is 178 g/mol. The van der Waals surface area contributed by atoms with E-state index in [-0.39, 0.29) is 0 Å². The molecule has 1 aliphatic rings. The minimum absolute atomic E-state index is 0.295. The second-order valence-electron chi connectivity index (χ2n) is 3.25. The first-order valence-electron chi connectivity index (χ1n) is 4.73. The quantitative estimate of drug-likeness (QED) is 0.739. The fraction of sp³-hybridized carbons (Fsp3) is 0.500. The van der Waals surface area contributed by atoms with Gasteiger partial charge >= 0.3 is 0 Å². The average Bonchev–Trinajstić information content (AvgIpc) is 2.21. The van der Waals surface area contributed by atoms with E-state index in [4.69, 9.17) is 4.74 Å². The fourth-order valence-corrected chi connectivity index (χ4v) is 1.51. The van der Waals surface area contributed by atoms with E-state index in [0.29, 0.717) is 6.10 Å². The Morgan fingerprint density at radius 2 is 2.46 bits per heavy atom. The third-order valence-corrected chi connectivity index (χ3v) is 2.18. The van der Waals surface area contributed by atoms with Gasteiger partial charge in [0.2, 0.25) is 5.88 Å². The zero-order valence-electron chi connectivity index (χ0n) is 7.57. The van der Waals surface area contributed by atoms with Crippen LogP contribution in [0.5, 0.6) is 5.88 Å². The normalized spacial score (nSPS) is 22.6. The van der Waals surface area contributed by atoms with E-state index < -0.39 is 0 Å². The van der Waals surface area contributed by atoms with E-state index in [0.717, 1.165) is 25.4 Å². The van der Waals surface area contributed by atoms with Crippen LogP contribution in [0.15, 0.2) is 24.4 Å². The third-order valence-electron chi connectivity index (χ3n) is 2.18. The molecule has 13 heavy (non-hydrogen) atoms. The molecule has 0 aromatic carbocycles. The van der Waals surface area contributed by atoms with Crippen molar-refractivity contribution in [2.24, 2.45) is 0 Å². The SMILES string of the molecule is c1ccc(OC2CCCNC2)nc1. The van der Waals surface area contributed by atoms with Gasteiger partial charge in [-0.3, -0.25) is 0 Å². The summed E-state index contributed by atoms with van der Waals surface area (Å²) in [6, 6.07) is 5.74. The zero-order valence-corrected chi connectivity index (χ0v) is 7.57. The van der Waals surface area contributed by atoms with Crippen LogP contribution in [0.2, 0.25) is 0 Å². The maximum atomic E-state index is 5.68. The van der Waals surface area contributed by atoms with Gasteiger partial charge in [0.05, 0.1) is 0 Å². The Balaban J connectivity index is 1.90. The Labute approximate surface area is 78.1 Å². The van der Waals surface area contributed by atoms with E-state index in [2.05, 4.69) is 10.3 Å². The molecule has 3 nitrogen and oxygen atoms in total. The molecule has 2 heterocycles. The van der Waals surface area contributed by atoms with Gasteiger partial charge in [-0.15, -0.1) is 0 Å². The summed E-state index contributed by atoms with van der Waals surface area (Å²) < 4.78 is 5.68. The van der Waals surface area contributed by atoms with Gasteiger partial charge in [-0.05, 0) is 25.5 Å². The topological polar surface area (TPSA) is 34.1 Å². The number of nitrogens with one attached hydrogen (secondary N) is 1. The number of hydrogen-bond donors (Lipinski definition) is 1. The van der Waals surface area contributed by atoms with Gasteiger partial charge in [0, 0.05) is 18.8 Å². The van der Waals surface area contributed by atoms with Gasteiger partial charge < -0.3 is 10.1 Å². The van der Waals surface area contributed by atoms with Crippen molar-refractivity contribution in [1.82, 2.24) is 10.3 Å². The molecular formula is C10H14N2O. The molecule has 1 unspecified atom stereocenters. The number of pyridine rings is 1. The molecule has 1 atom stereocenters. The van der Waals surface area contributed by atoms with Crippen molar-refractivity contribution in [3.05, 3.63) is 24.4 Å². The maximum Gasteiger partial charge on any atom is 0.213 e. The van der Waals surface area contributed by atoms with Crippen LogP contribution in [0.4, 0.5) is 0 Å². The van der Waals surface area contributed by atoms with E-state index >= 15 is 0 Å². The van der Waals surface area contributed by atoms with Crippen molar-refractivity contribution in [2.45, 2.75) is 18.9 Å². The molecule has 1 fully saturated rings. The molecule has 3 heteroatoms. The van der Waals surface area contributed by atoms with Crippen molar-refractivity contribution < 1.29 is 4.74 Å². The lowest BCUT2D eigenvalue weighted by atomic mass is 10.1. The first-order chi connectivity index (χ1) is 6.45. The molecule has 0 amide bonds. The van der Waals surface area contributed by atoms with Crippen molar-refractivity contribution in [1.29, 1.82) is 0 Å². The molecular weight excluding hydrogens is 164 g/mol. The van der Waals surface area contributed by atoms with E-state index in [1.54, 1.807) is 6.20 Å². The molecule has 1 saturated heterocycles. The monoisotopic (exact) mass is 178 g/mol. The van der Waals surface area contributed by atoms with Crippen LogP contribution in [0.3, 0.4) is 0 Å². The predicted molar refractivity (Wildman–Crippen MR) is 50.8 cm³/mol. The summed E-state index contributed by atoms with van der Waals surface area (Å²) in [4.78, 5) is 4.12. The second-order valence-corrected chi connectivity index (χ2v) is 3.25. The molecule has 1 aromatic heterocycles. The molecule has 0 saturated carbocycles. The number of ether oxygens (including phenoxy) is 1. The van der Waals surface area contributed by atoms with E-state index in [1.807, 2.05) is 18.2 Å². The summed E-state index contributed by atoms with van der Waals surface area (Å²) in [7, 11) is 0. The Bertz CT molecular complexity index is 244. The number of rotatable bonds is 2. The van der Waals surface area contributed by atoms with Crippen LogP contribution in [0.1, 0.15) is 12.8 Å². The lowest BCUT2D eigenvalue weighted by Gasteiger charge is -2.23. The maximum absolute atomic E-state index is 5.68. The Morgan fingerprint density at radius 1 is 1.46 bits per heavy atom. The smallest absolute Gasteiger partial charge is 0.213 e. The number of hydrogen-bond acceptors (Lipinski definition) is 3. The summed E-state index contributed by atoms with van der Waals surface area (Å²) in [5, 5.41) is 3.30. The van der Waals surface area contributed by atoms with Gasteiger partial charge in [0.15, 0.2) is 0 Å². The van der Waals surface area contributed by atoms with Crippen LogP contribution >= 0.6 is 0 Å². The highest BCUT2D eigenvalue weighted by atomic mass is 16.5. The standard InChI is InChI=1S/C10H14N2O/c1-2-7-12-10(5-1)13-9-4-3-6-11-8-9/h1-2,5,7,9,11H,3-4,6,8H2. The lowest BCUT2D eigenvalue weighted by molar-refractivity contribution is 0.160. The van der Waals surface area contributed by atoms with E-state index in [1.165, 1.54) is 6.42 Å². The molecule has 70 valence electrons. The van der Waals surface area contributed by atoms with Crippen molar-refractivity contribution >= 4 is 0 Å². The minimum atomic E-state index is 0.295. The van der Waals surface area contributed by atoms with Crippen LogP contribution in [-0.4, -0.2) is 24.2 Å². The Morgan fingerprint density at radius 3 is 3.15 bits per heavy atom. The molecule has 2 rings (SSSR count). The van der Waals surface area contributed by atoms with Gasteiger partial charge in [0.25, 0.3) is 0 Å². The van der Waals surface area contributed by atoms with Crippen molar-refractivity contribution in [3.63, 3.8) is 0 Å². The van der Waals surface area contributed by atoms with Crippen molar-refractivity contribution in [2.75, 3.05) is 13.1 Å². The van der Waals surface area contributed by atoms with Gasteiger partial charge in [0.1, 0.15) is 6.10 Å². The number of aromatic nitrogens is 1. The van der Waals surface area contributed by atoms with Crippen LogP contribution < -0.4 is 10.1 Å². The third kappa shape index (κ3) is 2.42. The summed E-state index contributed by atoms with van der Waals surface area (Å²) >= 11 is 0. The molecule has 1 aromatic rings. The highest BCUT2D eigenvalue weighted by Crippen LogP contribution is 2.11. The molecule has 0 bridgehead atoms. The Kier molecular flexibility index (Phi) is 2.77. The second kappa shape index (κ2) is 4.23. The summed E-state index contributed by atoms with van der Waals surface area (Å²) in [6.07, 6.45) is 4.37. The van der Waals surface area contributed by atoms with Gasteiger partial charge in [-0.2, -0.15) is 0 Å². The summed E-state index contributed by atoms with van der Waals surface area (Å²) in [5.41, 5.74) is 0. The first-order valence-corrected chi connectivity index (χ1v) is 4.73. The molecule has 0 aliphatic carbocycles. The lowest BCUT2D eigenvalue weighted by Crippen LogP contribution is -2.37. The largest absolute Gasteiger partial charge is 0.473 e. The molecule has 1 aliphatic heterocycles. The highest BCUT2D eigenvalue weighted by Gasteiger charge is 2.14. The molecule has 0 spiro atoms. The molecule has 0 radical (unpaired) electrons. The van der Waals surface area contributed by atoms with Crippen molar-refractivity contribution in [3.8, 4) is 5.88 Å². The highest BCUT2D eigenvalue weighted by molar-refractivity contribution is 5.09. The van der Waals surface area contributed by atoms with Gasteiger partial charge in [-0.1, -0.05) is 6.07 Å². The van der Waals surface area contributed by atoms with Gasteiger partial charge in [-0.25, -0.2) is 4.98 Å². The number of nitrogens with zero attached hydrogens (tertiary/aromatic N) is 1. The fourth-order valence-electron chi connectivity index (χ4n) is 1.51. The summed E-state index contributed by atoms with van der Waals surface area (Å²) in [6.45, 7) is 2.05. The van der Waals surface area contributed by atoms with E-state index in [9.17, 15) is 0 Å². The number of piperidine rings is 1. The predicted octanol–water partition coefficient (Wildman–Crippen LogP) is 1.21.